The number of piperidine rings is 1. The molecular formula is C32H51N7O5. The molecule has 4 rings (SSSR count). The van der Waals surface area contributed by atoms with Gasteiger partial charge in [-0.2, -0.15) is 0 Å². The van der Waals surface area contributed by atoms with Crippen molar-refractivity contribution in [1.29, 1.82) is 0 Å². The van der Waals surface area contributed by atoms with Gasteiger partial charge >= 0.3 is 12.1 Å². The Bertz CT molecular complexity index is 1220. The van der Waals surface area contributed by atoms with Crippen molar-refractivity contribution in [1.82, 2.24) is 35.0 Å². The lowest BCUT2D eigenvalue weighted by Crippen LogP contribution is -2.63. The highest BCUT2D eigenvalue weighted by atomic mass is 16.6. The zero-order chi connectivity index (χ0) is 31.9. The molecule has 2 saturated heterocycles. The number of hydrogen-bond acceptors (Lipinski definition) is 7. The highest BCUT2D eigenvalue weighted by molar-refractivity contribution is 5.94. The zero-order valence-corrected chi connectivity index (χ0v) is 27.4. The van der Waals surface area contributed by atoms with Gasteiger partial charge in [0.15, 0.2) is 5.69 Å². The van der Waals surface area contributed by atoms with Crippen LogP contribution in [-0.4, -0.2) is 112 Å². The number of carbonyl (C=O) groups is 3. The monoisotopic (exact) mass is 613 g/mol. The molecule has 1 aromatic heterocycles. The molecular weight excluding hydrogens is 562 g/mol. The van der Waals surface area contributed by atoms with Crippen LogP contribution < -0.4 is 5.32 Å². The number of hydrogen-bond donors (Lipinski definition) is 1. The highest BCUT2D eigenvalue weighted by Crippen LogP contribution is 2.28. The maximum absolute atomic E-state index is 14.6. The third-order valence-electron chi connectivity index (χ3n) is 8.12. The summed E-state index contributed by atoms with van der Waals surface area (Å²) in [6, 6.07) is -0.731. The first-order valence-electron chi connectivity index (χ1n) is 16.1. The number of aromatic nitrogens is 3. The summed E-state index contributed by atoms with van der Waals surface area (Å²) in [6.45, 7) is 12.7. The van der Waals surface area contributed by atoms with Crippen LogP contribution in [0, 0.1) is 5.92 Å². The molecule has 2 fully saturated rings. The van der Waals surface area contributed by atoms with E-state index in [1.165, 1.54) is 0 Å². The molecule has 12 nitrogen and oxygen atoms in total. The molecule has 3 aliphatic rings. The summed E-state index contributed by atoms with van der Waals surface area (Å²) >= 11 is 0. The van der Waals surface area contributed by atoms with Crippen LogP contribution in [0.4, 0.5) is 9.59 Å². The van der Waals surface area contributed by atoms with Gasteiger partial charge in [-0.3, -0.25) is 4.79 Å². The van der Waals surface area contributed by atoms with Crippen LogP contribution in [0.25, 0.3) is 5.70 Å². The van der Waals surface area contributed by atoms with Gasteiger partial charge in [0.25, 0.3) is 5.91 Å². The van der Waals surface area contributed by atoms with Gasteiger partial charge in [-0.25, -0.2) is 14.3 Å². The molecule has 1 aromatic rings. The number of allylic oxidation sites excluding steroid dienone is 4. The SMILES string of the molecule is COCCCCc1c(C(=O)N(CC(C)C)[C@H]2C[C@@H](N3CCCNC3=O)CN(C(=O)OC(C)(C)C)C2)nnn1C1=CC=CCC1. The summed E-state index contributed by atoms with van der Waals surface area (Å²) in [5.41, 5.74) is 1.49. The minimum absolute atomic E-state index is 0.135. The van der Waals surface area contributed by atoms with Gasteiger partial charge in [-0.05, 0) is 77.7 Å². The summed E-state index contributed by atoms with van der Waals surface area (Å²) in [5, 5.41) is 11.9. The van der Waals surface area contributed by atoms with E-state index in [2.05, 4.69) is 35.6 Å². The average molecular weight is 614 g/mol. The first-order valence-corrected chi connectivity index (χ1v) is 16.1. The van der Waals surface area contributed by atoms with E-state index < -0.39 is 11.7 Å². The predicted octanol–water partition coefficient (Wildman–Crippen LogP) is 4.33. The van der Waals surface area contributed by atoms with E-state index in [1.54, 1.807) is 12.0 Å². The van der Waals surface area contributed by atoms with Crippen LogP contribution in [0.3, 0.4) is 0 Å². The summed E-state index contributed by atoms with van der Waals surface area (Å²) in [6.07, 6.45) is 11.2. The normalized spacial score (nSPS) is 20.9. The molecule has 244 valence electrons. The number of urea groups is 1. The number of likely N-dealkylation sites (tertiary alicyclic amines) is 1. The van der Waals surface area contributed by atoms with Crippen molar-refractivity contribution in [2.24, 2.45) is 5.92 Å². The second kappa shape index (κ2) is 15.0. The molecule has 2 aliphatic heterocycles. The van der Waals surface area contributed by atoms with Crippen molar-refractivity contribution in [2.45, 2.75) is 97.2 Å². The highest BCUT2D eigenvalue weighted by Gasteiger charge is 2.41. The Morgan fingerprint density at radius 3 is 2.66 bits per heavy atom. The van der Waals surface area contributed by atoms with Gasteiger partial charge in [-0.1, -0.05) is 31.2 Å². The summed E-state index contributed by atoms with van der Waals surface area (Å²) < 4.78 is 12.9. The lowest BCUT2D eigenvalue weighted by atomic mass is 9.96. The third kappa shape index (κ3) is 8.61. The molecule has 1 N–H and O–H groups in total. The van der Waals surface area contributed by atoms with E-state index in [4.69, 9.17) is 9.47 Å². The summed E-state index contributed by atoms with van der Waals surface area (Å²) in [4.78, 5) is 46.2. The van der Waals surface area contributed by atoms with Crippen LogP contribution in [0.2, 0.25) is 0 Å². The molecule has 0 spiro atoms. The number of nitrogens with zero attached hydrogens (tertiary/aromatic N) is 6. The fourth-order valence-electron chi connectivity index (χ4n) is 6.13. The van der Waals surface area contributed by atoms with Crippen LogP contribution >= 0.6 is 0 Å². The number of ether oxygens (including phenoxy) is 2. The molecule has 0 radical (unpaired) electrons. The smallest absolute Gasteiger partial charge is 0.410 e. The molecule has 0 unspecified atom stereocenters. The van der Waals surface area contributed by atoms with E-state index in [9.17, 15) is 14.4 Å². The Morgan fingerprint density at radius 2 is 2.00 bits per heavy atom. The average Bonchev–Trinajstić information content (AvgIpc) is 3.41. The Hall–Kier alpha value is -3.41. The Kier molecular flexibility index (Phi) is 11.5. The van der Waals surface area contributed by atoms with E-state index in [0.29, 0.717) is 57.9 Å². The fourth-order valence-corrected chi connectivity index (χ4v) is 6.13. The third-order valence-corrected chi connectivity index (χ3v) is 8.12. The van der Waals surface area contributed by atoms with Gasteiger partial charge in [0.05, 0.1) is 17.8 Å². The molecule has 0 saturated carbocycles. The molecule has 0 aromatic carbocycles. The van der Waals surface area contributed by atoms with Gasteiger partial charge in [0.1, 0.15) is 5.60 Å². The molecule has 44 heavy (non-hydrogen) atoms. The van der Waals surface area contributed by atoms with Crippen molar-refractivity contribution < 1.29 is 23.9 Å². The Balaban J connectivity index is 1.68. The maximum atomic E-state index is 14.6. The van der Waals surface area contributed by atoms with Crippen molar-refractivity contribution in [2.75, 3.05) is 46.4 Å². The van der Waals surface area contributed by atoms with E-state index in [1.807, 2.05) is 47.4 Å². The topological polar surface area (TPSA) is 122 Å². The van der Waals surface area contributed by atoms with Crippen LogP contribution in [0.5, 0.6) is 0 Å². The number of unbranched alkanes of at least 4 members (excludes halogenated alkanes) is 1. The molecule has 3 heterocycles. The number of methoxy groups -OCH3 is 1. The molecule has 2 atom stereocenters. The minimum atomic E-state index is -0.672. The first kappa shape index (κ1) is 33.5. The van der Waals surface area contributed by atoms with Crippen LogP contribution in [-0.2, 0) is 15.9 Å². The van der Waals surface area contributed by atoms with Crippen LogP contribution in [0.15, 0.2) is 18.2 Å². The van der Waals surface area contributed by atoms with Gasteiger partial charge in [-0.15, -0.1) is 5.10 Å². The standard InChI is InChI=1S/C32H51N7O5/c1-23(2)20-38(29(40)28-27(15-10-11-18-43-6)39(35-34-28)24-13-8-7-9-14-24)26-19-25(37-17-12-16-33-30(37)41)21-36(22-26)31(42)44-32(3,4)5/h7-8,13,23,25-26H,9-12,14-22H2,1-6H3,(H,33,41)/t25-,26+/m1/s1. The van der Waals surface area contributed by atoms with E-state index in [-0.39, 0.29) is 29.9 Å². The quantitative estimate of drug-likeness (QED) is 0.369. The molecule has 12 heteroatoms. The molecule has 4 amide bonds. The predicted molar refractivity (Wildman–Crippen MR) is 168 cm³/mol. The number of nitrogens with one attached hydrogen (secondary N) is 1. The van der Waals surface area contributed by atoms with Gasteiger partial charge < -0.3 is 29.5 Å². The first-order chi connectivity index (χ1) is 21.0. The van der Waals surface area contributed by atoms with Crippen molar-refractivity contribution in [3.05, 3.63) is 29.6 Å². The molecule has 0 bridgehead atoms. The summed E-state index contributed by atoms with van der Waals surface area (Å²) in [7, 11) is 1.69. The zero-order valence-electron chi connectivity index (χ0n) is 27.4. The maximum Gasteiger partial charge on any atom is 0.410 e. The molecule has 1 aliphatic carbocycles. The Morgan fingerprint density at radius 1 is 1.20 bits per heavy atom. The van der Waals surface area contributed by atoms with Crippen molar-refractivity contribution in [3.63, 3.8) is 0 Å². The van der Waals surface area contributed by atoms with Crippen molar-refractivity contribution >= 4 is 23.7 Å². The fraction of sp³-hybridized carbons (Fsp3) is 0.719. The number of rotatable bonds is 11. The second-order valence-electron chi connectivity index (χ2n) is 13.4. The number of carbonyl (C=O) groups excluding carboxylic acids is 3. The summed E-state index contributed by atoms with van der Waals surface area (Å²) in [5.74, 6) is -0.0319. The minimum Gasteiger partial charge on any atom is -0.444 e. The lowest BCUT2D eigenvalue weighted by Gasteiger charge is -2.47. The van der Waals surface area contributed by atoms with Gasteiger partial charge in [0, 0.05) is 52.1 Å². The second-order valence-corrected chi connectivity index (χ2v) is 13.4. The van der Waals surface area contributed by atoms with Gasteiger partial charge in [0.2, 0.25) is 0 Å². The van der Waals surface area contributed by atoms with Crippen molar-refractivity contribution in [3.8, 4) is 0 Å². The van der Waals surface area contributed by atoms with E-state index >= 15 is 0 Å². The van der Waals surface area contributed by atoms with Crippen LogP contribution in [0.1, 0.15) is 89.3 Å². The lowest BCUT2D eigenvalue weighted by molar-refractivity contribution is -0.00457. The Labute approximate surface area is 261 Å². The van der Waals surface area contributed by atoms with E-state index in [0.717, 1.165) is 43.5 Å². The number of amides is 4. The largest absolute Gasteiger partial charge is 0.444 e.